The van der Waals surface area contributed by atoms with E-state index in [0.717, 1.165) is 83.5 Å². The van der Waals surface area contributed by atoms with E-state index >= 15 is 0 Å². The number of nitrogens with one attached hydrogen (secondary N) is 1. The molecule has 17 atom stereocenters. The first kappa shape index (κ1) is 90.2. The highest BCUT2D eigenvalue weighted by atomic mass is 16.8. The molecule has 0 saturated carbocycles. The first-order chi connectivity index (χ1) is 48.3. The summed E-state index contributed by atoms with van der Waals surface area (Å²) in [7, 11) is 0. The molecule has 0 aromatic heterocycles. The number of unbranched alkanes of at least 4 members (excludes halogenated alkanes) is 33. The lowest BCUT2D eigenvalue weighted by Crippen LogP contribution is -2.66. The molecule has 17 unspecified atom stereocenters. The van der Waals surface area contributed by atoms with Gasteiger partial charge in [0.15, 0.2) is 18.9 Å². The van der Waals surface area contributed by atoms with Gasteiger partial charge in [-0.15, -0.1) is 0 Å². The van der Waals surface area contributed by atoms with Crippen molar-refractivity contribution < 1.29 is 89.4 Å². The number of carbonyl (C=O) groups is 1. The van der Waals surface area contributed by atoms with Crippen LogP contribution in [0.25, 0.3) is 0 Å². The quantitative estimate of drug-likeness (QED) is 0.0199. The molecule has 3 saturated heterocycles. The molecule has 0 bridgehead atoms. The van der Waals surface area contributed by atoms with E-state index in [-0.39, 0.29) is 18.9 Å². The van der Waals surface area contributed by atoms with Gasteiger partial charge in [0.25, 0.3) is 0 Å². The maximum Gasteiger partial charge on any atom is 0.220 e. The first-order valence-electron chi connectivity index (χ1n) is 39.3. The van der Waals surface area contributed by atoms with Crippen LogP contribution in [0.2, 0.25) is 0 Å². The molecule has 3 heterocycles. The molecular weight excluding hydrogens is 1260 g/mol. The zero-order valence-electron chi connectivity index (χ0n) is 61.2. The van der Waals surface area contributed by atoms with Gasteiger partial charge in [-0.3, -0.25) is 4.79 Å². The minimum absolute atomic E-state index is 0.228. The fraction of sp³-hybridized carbons (Fsp3) is 0.812. The van der Waals surface area contributed by atoms with Gasteiger partial charge >= 0.3 is 0 Å². The Hall–Kier alpha value is -3.03. The van der Waals surface area contributed by atoms with E-state index in [1.54, 1.807) is 6.08 Å². The van der Waals surface area contributed by atoms with Crippen LogP contribution in [-0.2, 0) is 33.2 Å². The molecule has 3 fully saturated rings. The number of rotatable bonds is 61. The predicted molar refractivity (Wildman–Crippen MR) is 392 cm³/mol. The first-order valence-corrected chi connectivity index (χ1v) is 39.3. The van der Waals surface area contributed by atoms with Crippen LogP contribution in [0, 0.1) is 0 Å². The molecule has 3 aliphatic heterocycles. The number of hydrogen-bond donors (Lipinski definition) is 12. The number of carbonyl (C=O) groups excluding carboxylic acids is 1. The van der Waals surface area contributed by atoms with E-state index in [0.29, 0.717) is 12.8 Å². The second-order valence-corrected chi connectivity index (χ2v) is 27.8. The number of allylic oxidation sites excluding steroid dienone is 13. The van der Waals surface area contributed by atoms with E-state index in [1.807, 2.05) is 6.08 Å². The highest BCUT2D eigenvalue weighted by Crippen LogP contribution is 2.33. The lowest BCUT2D eigenvalue weighted by Gasteiger charge is -2.48. The zero-order valence-corrected chi connectivity index (χ0v) is 61.2. The molecule has 19 nitrogen and oxygen atoms in total. The Morgan fingerprint density at radius 1 is 0.374 bits per heavy atom. The summed E-state index contributed by atoms with van der Waals surface area (Å²) in [5, 5.41) is 121. The highest BCUT2D eigenvalue weighted by molar-refractivity contribution is 5.76. The van der Waals surface area contributed by atoms with Crippen LogP contribution in [0.1, 0.15) is 284 Å². The molecule has 3 rings (SSSR count). The molecule has 19 heteroatoms. The van der Waals surface area contributed by atoms with Crippen molar-refractivity contribution in [2.24, 2.45) is 0 Å². The molecule has 0 radical (unpaired) electrons. The second-order valence-electron chi connectivity index (χ2n) is 27.8. The van der Waals surface area contributed by atoms with Crippen LogP contribution < -0.4 is 5.32 Å². The fourth-order valence-corrected chi connectivity index (χ4v) is 12.9. The van der Waals surface area contributed by atoms with E-state index in [1.165, 1.54) is 167 Å². The van der Waals surface area contributed by atoms with Gasteiger partial charge in [0.05, 0.1) is 38.6 Å². The smallest absolute Gasteiger partial charge is 0.220 e. The molecule has 574 valence electrons. The number of amides is 1. The Bertz CT molecular complexity index is 2120. The Morgan fingerprint density at radius 3 is 1.13 bits per heavy atom. The van der Waals surface area contributed by atoms with Gasteiger partial charge in [-0.2, -0.15) is 0 Å². The second kappa shape index (κ2) is 60.3. The molecule has 99 heavy (non-hydrogen) atoms. The molecule has 12 N–H and O–H groups in total. The maximum atomic E-state index is 13.5. The minimum Gasteiger partial charge on any atom is -0.394 e. The number of ether oxygens (including phenoxy) is 6. The fourth-order valence-electron chi connectivity index (χ4n) is 12.9. The van der Waals surface area contributed by atoms with Crippen molar-refractivity contribution in [3.8, 4) is 0 Å². The topological polar surface area (TPSA) is 307 Å². The van der Waals surface area contributed by atoms with Gasteiger partial charge in [-0.05, 0) is 77.0 Å². The molecule has 1 amide bonds. The normalized spacial score (nSPS) is 27.1. The van der Waals surface area contributed by atoms with Crippen LogP contribution in [0.15, 0.2) is 85.1 Å². The summed E-state index contributed by atoms with van der Waals surface area (Å²) in [6.45, 7) is 1.63. The van der Waals surface area contributed by atoms with Gasteiger partial charge in [0.2, 0.25) is 5.91 Å². The van der Waals surface area contributed by atoms with E-state index in [4.69, 9.17) is 28.4 Å². The highest BCUT2D eigenvalue weighted by Gasteiger charge is 2.53. The summed E-state index contributed by atoms with van der Waals surface area (Å²) in [6.07, 6.45) is 52.8. The van der Waals surface area contributed by atoms with Crippen molar-refractivity contribution in [3.63, 3.8) is 0 Å². The predicted octanol–water partition coefficient (Wildman–Crippen LogP) is 12.6. The van der Waals surface area contributed by atoms with E-state index in [9.17, 15) is 61.0 Å². The van der Waals surface area contributed by atoms with Crippen LogP contribution in [-0.4, -0.2) is 193 Å². The Balaban J connectivity index is 1.41. The van der Waals surface area contributed by atoms with Crippen LogP contribution in [0.4, 0.5) is 0 Å². The van der Waals surface area contributed by atoms with Crippen molar-refractivity contribution in [2.75, 3.05) is 26.4 Å². The Kier molecular flexibility index (Phi) is 54.9. The van der Waals surface area contributed by atoms with Crippen LogP contribution in [0.5, 0.6) is 0 Å². The summed E-state index contributed by atoms with van der Waals surface area (Å²) < 4.78 is 34.4. The SMILES string of the molecule is CC/C=C\C/C=C\C/C=C\C/C=C\C/C=C\CCCCCCCCCCCCCC(=O)NC(COC1OC(CO)C(OC2OC(CO)C(OC3OC(CO)C(O)C(O)C3O)C(O)C2O)C(O)C1O)C(O)/C=C/CC/C=C/CCCCCCCCCCCCCCCCCCCCCCC. The molecule has 0 aliphatic carbocycles. The van der Waals surface area contributed by atoms with Crippen molar-refractivity contribution in [3.05, 3.63) is 85.1 Å². The summed E-state index contributed by atoms with van der Waals surface area (Å²) in [5.74, 6) is -0.289. The minimum atomic E-state index is -1.99. The maximum absolute atomic E-state index is 13.5. The van der Waals surface area contributed by atoms with Gasteiger partial charge in [0.1, 0.15) is 73.2 Å². The number of aliphatic hydroxyl groups excluding tert-OH is 11. The molecule has 0 aromatic rings. The Morgan fingerprint density at radius 2 is 0.707 bits per heavy atom. The standard InChI is InChI=1S/C80H141NO18/c1-3-5-7-9-11-13-15-17-19-21-23-25-27-29-31-33-35-37-39-41-43-45-47-49-51-53-55-57-64(85)63(81-68(86)58-56-54-52-50-48-46-44-42-40-38-36-34-32-30-28-26-24-22-20-18-16-14-12-10-8-6-4-2)62-94-78-74(92)71(89)76(66(60-83)96-78)99-80-75(93)72(90)77(67(61-84)97-80)98-79-73(91)70(88)69(87)65(59-82)95-79/h6,8,12,14,18,20,24,26,30,32,47,49,55,57,63-67,69-80,82-85,87-93H,3-5,7,9-11,13,15-17,19,21-23,25,27-29,31,33-46,48,50-54,56,58-62H2,1-2H3,(H,81,86)/b8-6-,14-12-,20-18-,26-24-,32-30-,49-47+,57-55+. The third kappa shape index (κ3) is 40.7. The van der Waals surface area contributed by atoms with E-state index in [2.05, 4.69) is 92.1 Å². The lowest BCUT2D eigenvalue weighted by atomic mass is 9.96. The summed E-state index contributed by atoms with van der Waals surface area (Å²) >= 11 is 0. The van der Waals surface area contributed by atoms with Gasteiger partial charge < -0.3 is 89.9 Å². The monoisotopic (exact) mass is 1400 g/mol. The molecule has 0 aromatic carbocycles. The molecule has 3 aliphatic rings. The van der Waals surface area contributed by atoms with Crippen molar-refractivity contribution >= 4 is 5.91 Å². The van der Waals surface area contributed by atoms with Crippen molar-refractivity contribution in [1.82, 2.24) is 5.32 Å². The molecule has 0 spiro atoms. The van der Waals surface area contributed by atoms with Gasteiger partial charge in [-0.1, -0.05) is 285 Å². The zero-order chi connectivity index (χ0) is 71.8. The van der Waals surface area contributed by atoms with Crippen molar-refractivity contribution in [1.29, 1.82) is 0 Å². The van der Waals surface area contributed by atoms with Gasteiger partial charge in [-0.25, -0.2) is 0 Å². The molecular formula is C80H141NO18. The summed E-state index contributed by atoms with van der Waals surface area (Å²) in [4.78, 5) is 13.5. The third-order valence-electron chi connectivity index (χ3n) is 19.2. The average molecular weight is 1400 g/mol. The van der Waals surface area contributed by atoms with Crippen LogP contribution in [0.3, 0.4) is 0 Å². The average Bonchev–Trinajstić information content (AvgIpc) is 0.784. The summed E-state index contributed by atoms with van der Waals surface area (Å²) in [6, 6.07) is -0.998. The van der Waals surface area contributed by atoms with E-state index < -0.39 is 124 Å². The largest absolute Gasteiger partial charge is 0.394 e. The lowest BCUT2D eigenvalue weighted by molar-refractivity contribution is -0.379. The Labute approximate surface area is 597 Å². The summed E-state index contributed by atoms with van der Waals surface area (Å²) in [5.41, 5.74) is 0. The third-order valence-corrected chi connectivity index (χ3v) is 19.2. The number of aliphatic hydroxyl groups is 11. The van der Waals surface area contributed by atoms with Crippen molar-refractivity contribution in [2.45, 2.75) is 388 Å². The van der Waals surface area contributed by atoms with Crippen LogP contribution >= 0.6 is 0 Å². The van der Waals surface area contributed by atoms with Gasteiger partial charge in [0, 0.05) is 6.42 Å². The number of hydrogen-bond acceptors (Lipinski definition) is 18.